The smallest absolute Gasteiger partial charge is 0.269 e. The third-order valence-corrected chi connectivity index (χ3v) is 4.01. The minimum Gasteiger partial charge on any atom is -0.349 e. The number of nitrogens with one attached hydrogen (secondary N) is 1. The Labute approximate surface area is 132 Å². The lowest BCUT2D eigenvalue weighted by Gasteiger charge is -2.11. The van der Waals surface area contributed by atoms with Crippen LogP contribution in [0.4, 0.5) is 5.69 Å². The molecule has 112 valence electrons. The number of hydrogen-bond donors (Lipinski definition) is 1. The van der Waals surface area contributed by atoms with Gasteiger partial charge in [0.25, 0.3) is 11.6 Å². The number of nitro benzene ring substituents is 1. The van der Waals surface area contributed by atoms with E-state index in [0.717, 1.165) is 18.4 Å². The Morgan fingerprint density at radius 1 is 1.14 bits per heavy atom. The summed E-state index contributed by atoms with van der Waals surface area (Å²) in [6.45, 7) is 0. The van der Waals surface area contributed by atoms with E-state index in [2.05, 4.69) is 5.32 Å². The number of nitrogens with zero attached hydrogens (tertiary/aromatic N) is 1. The van der Waals surface area contributed by atoms with Crippen LogP contribution in [-0.4, -0.2) is 16.9 Å². The third kappa shape index (κ3) is 2.94. The van der Waals surface area contributed by atoms with Gasteiger partial charge in [0.2, 0.25) is 0 Å². The summed E-state index contributed by atoms with van der Waals surface area (Å²) < 4.78 is 0. The van der Waals surface area contributed by atoms with Crippen LogP contribution in [0, 0.1) is 10.1 Å². The van der Waals surface area contributed by atoms with Crippen molar-refractivity contribution in [3.8, 4) is 0 Å². The van der Waals surface area contributed by atoms with E-state index in [-0.39, 0.29) is 17.6 Å². The Morgan fingerprint density at radius 3 is 2.50 bits per heavy atom. The van der Waals surface area contributed by atoms with Crippen molar-refractivity contribution in [2.24, 2.45) is 0 Å². The minimum absolute atomic E-state index is 0.0242. The summed E-state index contributed by atoms with van der Waals surface area (Å²) in [4.78, 5) is 22.3. The average molecular weight is 317 g/mol. The topological polar surface area (TPSA) is 72.2 Å². The van der Waals surface area contributed by atoms with E-state index in [1.165, 1.54) is 29.8 Å². The Kier molecular flexibility index (Phi) is 3.81. The molecule has 6 heteroatoms. The highest BCUT2D eigenvalue weighted by molar-refractivity contribution is 6.30. The van der Waals surface area contributed by atoms with Crippen molar-refractivity contribution >= 4 is 23.2 Å². The van der Waals surface area contributed by atoms with Gasteiger partial charge in [0, 0.05) is 28.8 Å². The van der Waals surface area contributed by atoms with Gasteiger partial charge in [-0.2, -0.15) is 0 Å². The summed E-state index contributed by atoms with van der Waals surface area (Å²) in [6.07, 6.45) is 1.51. The zero-order valence-corrected chi connectivity index (χ0v) is 12.3. The Hall–Kier alpha value is -2.40. The van der Waals surface area contributed by atoms with Gasteiger partial charge in [0.1, 0.15) is 0 Å². The standard InChI is InChI=1S/C16H13ClN2O3/c17-13-4-1-11-8-14(9-12(11)7-13)18-16(20)10-2-5-15(6-3-10)19(21)22/h1-7,14H,8-9H2,(H,18,20)/t14-/m0/s1. The van der Waals surface area contributed by atoms with E-state index in [0.29, 0.717) is 10.6 Å². The van der Waals surface area contributed by atoms with Gasteiger partial charge in [-0.15, -0.1) is 0 Å². The molecule has 22 heavy (non-hydrogen) atoms. The maximum Gasteiger partial charge on any atom is 0.269 e. The number of carbonyl (C=O) groups excluding carboxylic acids is 1. The Balaban J connectivity index is 1.67. The molecule has 0 radical (unpaired) electrons. The van der Waals surface area contributed by atoms with Crippen molar-refractivity contribution < 1.29 is 9.72 Å². The first-order valence-corrected chi connectivity index (χ1v) is 7.23. The molecule has 0 spiro atoms. The Bertz CT molecular complexity index is 744. The van der Waals surface area contributed by atoms with E-state index < -0.39 is 4.92 Å². The molecule has 0 bridgehead atoms. The lowest BCUT2D eigenvalue weighted by atomic mass is 10.1. The molecule has 0 aliphatic heterocycles. The molecule has 1 amide bonds. The number of non-ortho nitro benzene ring substituents is 1. The maximum absolute atomic E-state index is 12.2. The fourth-order valence-electron chi connectivity index (χ4n) is 2.69. The lowest BCUT2D eigenvalue weighted by Crippen LogP contribution is -2.35. The lowest BCUT2D eigenvalue weighted by molar-refractivity contribution is -0.384. The van der Waals surface area contributed by atoms with E-state index in [1.54, 1.807) is 0 Å². The van der Waals surface area contributed by atoms with Gasteiger partial charge in [-0.05, 0) is 48.2 Å². The molecule has 0 fully saturated rings. The quantitative estimate of drug-likeness (QED) is 0.698. The van der Waals surface area contributed by atoms with Gasteiger partial charge in [0.05, 0.1) is 4.92 Å². The first-order valence-electron chi connectivity index (χ1n) is 6.85. The van der Waals surface area contributed by atoms with Crippen molar-refractivity contribution in [1.82, 2.24) is 5.32 Å². The highest BCUT2D eigenvalue weighted by Gasteiger charge is 2.23. The third-order valence-electron chi connectivity index (χ3n) is 3.78. The van der Waals surface area contributed by atoms with Crippen LogP contribution in [0.15, 0.2) is 42.5 Å². The predicted octanol–water partition coefficient (Wildman–Crippen LogP) is 3.15. The van der Waals surface area contributed by atoms with Gasteiger partial charge in [-0.1, -0.05) is 17.7 Å². The van der Waals surface area contributed by atoms with Crippen LogP contribution in [0.3, 0.4) is 0 Å². The number of benzene rings is 2. The molecular weight excluding hydrogens is 304 g/mol. The number of hydrogen-bond acceptors (Lipinski definition) is 3. The molecule has 2 aromatic carbocycles. The zero-order valence-electron chi connectivity index (χ0n) is 11.6. The number of carbonyl (C=O) groups is 1. The molecule has 1 aliphatic carbocycles. The van der Waals surface area contributed by atoms with E-state index in [4.69, 9.17) is 11.6 Å². The van der Waals surface area contributed by atoms with Crippen molar-refractivity contribution in [1.29, 1.82) is 0 Å². The first kappa shape index (κ1) is 14.5. The summed E-state index contributed by atoms with van der Waals surface area (Å²) in [5, 5.41) is 14.3. The van der Waals surface area contributed by atoms with Gasteiger partial charge in [-0.25, -0.2) is 0 Å². The molecule has 0 saturated heterocycles. The van der Waals surface area contributed by atoms with Crippen molar-refractivity contribution in [2.75, 3.05) is 0 Å². The summed E-state index contributed by atoms with van der Waals surface area (Å²) >= 11 is 5.97. The van der Waals surface area contributed by atoms with Gasteiger partial charge in [-0.3, -0.25) is 14.9 Å². The van der Waals surface area contributed by atoms with Gasteiger partial charge in [0.15, 0.2) is 0 Å². The van der Waals surface area contributed by atoms with Crippen molar-refractivity contribution in [3.05, 3.63) is 74.3 Å². The second-order valence-corrected chi connectivity index (χ2v) is 5.73. The molecule has 2 aromatic rings. The first-order chi connectivity index (χ1) is 10.5. The van der Waals surface area contributed by atoms with Crippen LogP contribution in [0.25, 0.3) is 0 Å². The number of fused-ring (bicyclic) bond motifs is 1. The van der Waals surface area contributed by atoms with Gasteiger partial charge < -0.3 is 5.32 Å². The van der Waals surface area contributed by atoms with Crippen LogP contribution in [0.2, 0.25) is 5.02 Å². The highest BCUT2D eigenvalue weighted by Crippen LogP contribution is 2.25. The molecule has 5 nitrogen and oxygen atoms in total. The molecule has 1 atom stereocenters. The second kappa shape index (κ2) is 5.77. The highest BCUT2D eigenvalue weighted by atomic mass is 35.5. The van der Waals surface area contributed by atoms with Crippen molar-refractivity contribution in [2.45, 2.75) is 18.9 Å². The van der Waals surface area contributed by atoms with Crippen LogP contribution in [-0.2, 0) is 12.8 Å². The monoisotopic (exact) mass is 316 g/mol. The molecule has 1 N–H and O–H groups in total. The normalized spacial score (nSPS) is 16.1. The average Bonchev–Trinajstić information content (AvgIpc) is 2.88. The molecule has 0 heterocycles. The summed E-state index contributed by atoms with van der Waals surface area (Å²) in [7, 11) is 0. The summed E-state index contributed by atoms with van der Waals surface area (Å²) in [6, 6.07) is 11.4. The predicted molar refractivity (Wildman–Crippen MR) is 83.2 cm³/mol. The SMILES string of the molecule is O=C(N[C@H]1Cc2ccc(Cl)cc2C1)c1ccc([N+](=O)[O-])cc1. The molecular formula is C16H13ClN2O3. The van der Waals surface area contributed by atoms with E-state index in [1.807, 2.05) is 18.2 Å². The van der Waals surface area contributed by atoms with Crippen molar-refractivity contribution in [3.63, 3.8) is 0 Å². The number of nitro groups is 1. The zero-order chi connectivity index (χ0) is 15.7. The van der Waals surface area contributed by atoms with Crippen LogP contribution >= 0.6 is 11.6 Å². The van der Waals surface area contributed by atoms with E-state index in [9.17, 15) is 14.9 Å². The molecule has 0 unspecified atom stereocenters. The molecule has 0 aromatic heterocycles. The molecule has 0 saturated carbocycles. The Morgan fingerprint density at radius 2 is 1.82 bits per heavy atom. The van der Waals surface area contributed by atoms with Crippen LogP contribution in [0.5, 0.6) is 0 Å². The summed E-state index contributed by atoms with van der Waals surface area (Å²) in [5.74, 6) is -0.223. The number of halogens is 1. The maximum atomic E-state index is 12.2. The molecule has 3 rings (SSSR count). The summed E-state index contributed by atoms with van der Waals surface area (Å²) in [5.41, 5.74) is 2.74. The van der Waals surface area contributed by atoms with E-state index >= 15 is 0 Å². The second-order valence-electron chi connectivity index (χ2n) is 5.30. The number of rotatable bonds is 3. The number of amides is 1. The largest absolute Gasteiger partial charge is 0.349 e. The molecule has 1 aliphatic rings. The fraction of sp³-hybridized carbons (Fsp3) is 0.188. The van der Waals surface area contributed by atoms with Crippen LogP contribution in [0.1, 0.15) is 21.5 Å². The minimum atomic E-state index is -0.487. The van der Waals surface area contributed by atoms with Gasteiger partial charge >= 0.3 is 0 Å². The van der Waals surface area contributed by atoms with Crippen LogP contribution < -0.4 is 5.32 Å². The fourth-order valence-corrected chi connectivity index (χ4v) is 2.89.